The first-order valence-electron chi connectivity index (χ1n) is 5.65. The van der Waals surface area contributed by atoms with Crippen molar-refractivity contribution in [1.29, 1.82) is 0 Å². The molecule has 2 atom stereocenters. The summed E-state index contributed by atoms with van der Waals surface area (Å²) >= 11 is 0. The second-order valence-electron chi connectivity index (χ2n) is 4.59. The molecule has 3 heteroatoms. The predicted octanol–water partition coefficient (Wildman–Crippen LogP) is 1.33. The Bertz CT molecular complexity index is 217. The highest BCUT2D eigenvalue weighted by Crippen LogP contribution is 2.42. The molecule has 14 heavy (non-hydrogen) atoms. The molecular weight excluding hydrogens is 178 g/mol. The number of hydrogen-bond acceptors (Lipinski definition) is 3. The van der Waals surface area contributed by atoms with E-state index in [4.69, 9.17) is 4.74 Å². The van der Waals surface area contributed by atoms with E-state index in [-0.39, 0.29) is 11.4 Å². The highest BCUT2D eigenvalue weighted by atomic mass is 16.5. The van der Waals surface area contributed by atoms with Gasteiger partial charge in [-0.1, -0.05) is 6.42 Å². The fourth-order valence-corrected chi connectivity index (χ4v) is 2.88. The van der Waals surface area contributed by atoms with Crippen molar-refractivity contribution in [3.8, 4) is 0 Å². The third-order valence-corrected chi connectivity index (χ3v) is 3.55. The number of carbonyl (C=O) groups excluding carboxylic acids is 1. The van der Waals surface area contributed by atoms with E-state index in [2.05, 4.69) is 5.32 Å². The highest BCUT2D eigenvalue weighted by Gasteiger charge is 2.45. The van der Waals surface area contributed by atoms with Gasteiger partial charge >= 0.3 is 5.97 Å². The van der Waals surface area contributed by atoms with Crippen molar-refractivity contribution in [2.24, 2.45) is 11.3 Å². The number of fused-ring (bicyclic) bond motifs is 2. The molecule has 3 nitrogen and oxygen atoms in total. The monoisotopic (exact) mass is 197 g/mol. The van der Waals surface area contributed by atoms with Crippen LogP contribution in [0, 0.1) is 11.3 Å². The number of rotatable bonds is 2. The second-order valence-corrected chi connectivity index (χ2v) is 4.59. The summed E-state index contributed by atoms with van der Waals surface area (Å²) in [6.45, 7) is 4.29. The number of carbonyl (C=O) groups is 1. The Kier molecular flexibility index (Phi) is 2.77. The van der Waals surface area contributed by atoms with E-state index in [1.165, 1.54) is 12.8 Å². The van der Waals surface area contributed by atoms with Crippen LogP contribution in [0.3, 0.4) is 0 Å². The normalized spacial score (nSPS) is 36.5. The Labute approximate surface area is 85.2 Å². The number of esters is 1. The molecule has 2 aliphatic rings. The first kappa shape index (κ1) is 9.97. The van der Waals surface area contributed by atoms with Gasteiger partial charge in [-0.2, -0.15) is 0 Å². The molecule has 2 fully saturated rings. The van der Waals surface area contributed by atoms with Gasteiger partial charge in [0.1, 0.15) is 0 Å². The molecule has 2 unspecified atom stereocenters. The Morgan fingerprint density at radius 1 is 1.64 bits per heavy atom. The first-order chi connectivity index (χ1) is 6.77. The molecule has 1 aliphatic carbocycles. The Morgan fingerprint density at radius 2 is 2.50 bits per heavy atom. The fraction of sp³-hybridized carbons (Fsp3) is 0.909. The van der Waals surface area contributed by atoms with Crippen LogP contribution in [0.15, 0.2) is 0 Å². The van der Waals surface area contributed by atoms with Gasteiger partial charge in [0, 0.05) is 6.54 Å². The molecule has 0 aromatic carbocycles. The van der Waals surface area contributed by atoms with Crippen molar-refractivity contribution in [1.82, 2.24) is 5.32 Å². The lowest BCUT2D eigenvalue weighted by molar-refractivity contribution is -0.160. The summed E-state index contributed by atoms with van der Waals surface area (Å²) in [6, 6.07) is 0. The molecule has 0 aromatic rings. The number of hydrogen-bond donors (Lipinski definition) is 1. The first-order valence-corrected chi connectivity index (χ1v) is 5.65. The van der Waals surface area contributed by atoms with Crippen LogP contribution >= 0.6 is 0 Å². The summed E-state index contributed by atoms with van der Waals surface area (Å²) < 4.78 is 5.18. The topological polar surface area (TPSA) is 38.3 Å². The maximum atomic E-state index is 11.9. The Morgan fingerprint density at radius 3 is 3.29 bits per heavy atom. The minimum Gasteiger partial charge on any atom is -0.466 e. The minimum absolute atomic E-state index is 0.0249. The van der Waals surface area contributed by atoms with Crippen molar-refractivity contribution >= 4 is 5.97 Å². The number of nitrogens with one attached hydrogen (secondary N) is 1. The van der Waals surface area contributed by atoms with E-state index in [1.807, 2.05) is 6.92 Å². The lowest BCUT2D eigenvalue weighted by Gasteiger charge is -2.43. The summed E-state index contributed by atoms with van der Waals surface area (Å²) in [5.41, 5.74) is -0.183. The van der Waals surface area contributed by atoms with Crippen molar-refractivity contribution in [3.63, 3.8) is 0 Å². The van der Waals surface area contributed by atoms with Gasteiger partial charge in [-0.3, -0.25) is 4.79 Å². The van der Waals surface area contributed by atoms with Gasteiger partial charge in [0.2, 0.25) is 0 Å². The van der Waals surface area contributed by atoms with Crippen LogP contribution in [0.4, 0.5) is 0 Å². The van der Waals surface area contributed by atoms with Crippen molar-refractivity contribution < 1.29 is 9.53 Å². The van der Waals surface area contributed by atoms with Gasteiger partial charge in [0.05, 0.1) is 12.0 Å². The van der Waals surface area contributed by atoms with Crippen LogP contribution in [0.2, 0.25) is 0 Å². The van der Waals surface area contributed by atoms with Gasteiger partial charge in [0.25, 0.3) is 0 Å². The molecule has 0 amide bonds. The van der Waals surface area contributed by atoms with E-state index in [9.17, 15) is 4.79 Å². The van der Waals surface area contributed by atoms with E-state index in [1.54, 1.807) is 0 Å². The molecule has 80 valence electrons. The van der Waals surface area contributed by atoms with E-state index in [0.29, 0.717) is 12.5 Å². The van der Waals surface area contributed by atoms with Crippen LogP contribution in [0.1, 0.15) is 32.6 Å². The molecule has 1 saturated carbocycles. The zero-order chi connectivity index (χ0) is 10.0. The summed E-state index contributed by atoms with van der Waals surface area (Å²) in [4.78, 5) is 11.9. The fourth-order valence-electron chi connectivity index (χ4n) is 2.88. The van der Waals surface area contributed by atoms with Gasteiger partial charge in [0.15, 0.2) is 0 Å². The van der Waals surface area contributed by atoms with E-state index < -0.39 is 0 Å². The molecule has 1 heterocycles. The van der Waals surface area contributed by atoms with Crippen LogP contribution in [0.25, 0.3) is 0 Å². The second kappa shape index (κ2) is 3.89. The zero-order valence-corrected chi connectivity index (χ0v) is 8.84. The van der Waals surface area contributed by atoms with Crippen LogP contribution < -0.4 is 5.32 Å². The highest BCUT2D eigenvalue weighted by molar-refractivity contribution is 5.77. The largest absolute Gasteiger partial charge is 0.466 e. The quantitative estimate of drug-likeness (QED) is 0.679. The standard InChI is InChI=1S/C11H19NO2/c1-2-14-10(13)11-5-3-4-9(6-11)7-12-8-11/h9,12H,2-8H2,1H3. The van der Waals surface area contributed by atoms with Crippen molar-refractivity contribution in [3.05, 3.63) is 0 Å². The van der Waals surface area contributed by atoms with Gasteiger partial charge in [-0.05, 0) is 38.6 Å². The molecule has 0 radical (unpaired) electrons. The Hall–Kier alpha value is -0.570. The summed E-state index contributed by atoms with van der Waals surface area (Å²) in [5.74, 6) is 0.721. The van der Waals surface area contributed by atoms with E-state index >= 15 is 0 Å². The molecule has 1 N–H and O–H groups in total. The molecule has 0 aromatic heterocycles. The summed E-state index contributed by atoms with van der Waals surface area (Å²) in [7, 11) is 0. The lowest BCUT2D eigenvalue weighted by atomic mass is 9.67. The van der Waals surface area contributed by atoms with Crippen LogP contribution in [-0.4, -0.2) is 25.7 Å². The maximum Gasteiger partial charge on any atom is 0.313 e. The van der Waals surface area contributed by atoms with Crippen molar-refractivity contribution in [2.75, 3.05) is 19.7 Å². The predicted molar refractivity (Wildman–Crippen MR) is 53.9 cm³/mol. The average molecular weight is 197 g/mol. The van der Waals surface area contributed by atoms with Crippen LogP contribution in [-0.2, 0) is 9.53 Å². The number of piperidine rings is 1. The van der Waals surface area contributed by atoms with Crippen LogP contribution in [0.5, 0.6) is 0 Å². The molecule has 0 spiro atoms. The van der Waals surface area contributed by atoms with Gasteiger partial charge in [-0.15, -0.1) is 0 Å². The van der Waals surface area contributed by atoms with Crippen molar-refractivity contribution in [2.45, 2.75) is 32.6 Å². The number of ether oxygens (including phenoxy) is 1. The summed E-state index contributed by atoms with van der Waals surface area (Å²) in [6.07, 6.45) is 4.51. The molecule has 1 aliphatic heterocycles. The van der Waals surface area contributed by atoms with Gasteiger partial charge < -0.3 is 10.1 Å². The molecular formula is C11H19NO2. The Balaban J connectivity index is 2.08. The van der Waals surface area contributed by atoms with E-state index in [0.717, 1.165) is 25.9 Å². The molecule has 2 bridgehead atoms. The minimum atomic E-state index is -0.183. The maximum absolute atomic E-state index is 11.9. The molecule has 2 rings (SSSR count). The molecule has 1 saturated heterocycles. The zero-order valence-electron chi connectivity index (χ0n) is 8.84. The smallest absolute Gasteiger partial charge is 0.313 e. The SMILES string of the molecule is CCOC(=O)C12CCCC(CNC1)C2. The van der Waals surface area contributed by atoms with Gasteiger partial charge in [-0.25, -0.2) is 0 Å². The summed E-state index contributed by atoms with van der Waals surface area (Å²) in [5, 5.41) is 3.37. The lowest BCUT2D eigenvalue weighted by Crippen LogP contribution is -2.51. The average Bonchev–Trinajstić information content (AvgIpc) is 2.18. The third-order valence-electron chi connectivity index (χ3n) is 3.55. The third kappa shape index (κ3) is 1.65.